The molecule has 3 aliphatic heterocycles. The molecule has 28 heavy (non-hydrogen) atoms. The summed E-state index contributed by atoms with van der Waals surface area (Å²) in [5.41, 5.74) is 2.53. The van der Waals surface area contributed by atoms with Gasteiger partial charge in [0.05, 0.1) is 29.8 Å². The van der Waals surface area contributed by atoms with Crippen LogP contribution in [0.3, 0.4) is 0 Å². The van der Waals surface area contributed by atoms with Crippen LogP contribution in [0.25, 0.3) is 0 Å². The maximum absolute atomic E-state index is 13.0. The highest BCUT2D eigenvalue weighted by molar-refractivity contribution is 6.33. The normalized spacial score (nSPS) is 22.0. The molecule has 2 fully saturated rings. The van der Waals surface area contributed by atoms with Gasteiger partial charge in [-0.1, -0.05) is 11.6 Å². The molecular formula is C21H24ClN3O3. The van der Waals surface area contributed by atoms with E-state index < -0.39 is 0 Å². The quantitative estimate of drug-likeness (QED) is 0.786. The van der Waals surface area contributed by atoms with Crippen molar-refractivity contribution in [3.05, 3.63) is 46.1 Å². The smallest absolute Gasteiger partial charge is 0.254 e. The van der Waals surface area contributed by atoms with Gasteiger partial charge < -0.3 is 19.0 Å². The lowest BCUT2D eigenvalue weighted by molar-refractivity contribution is 0.0728. The first-order chi connectivity index (χ1) is 13.7. The lowest BCUT2D eigenvalue weighted by Crippen LogP contribution is -2.35. The van der Waals surface area contributed by atoms with E-state index in [-0.39, 0.29) is 11.8 Å². The molecule has 3 aliphatic rings. The fourth-order valence-corrected chi connectivity index (χ4v) is 4.63. The molecule has 1 aromatic carbocycles. The molecule has 7 heteroatoms. The lowest BCUT2D eigenvalue weighted by atomic mass is 10.1. The van der Waals surface area contributed by atoms with Crippen molar-refractivity contribution in [2.24, 2.45) is 0 Å². The summed E-state index contributed by atoms with van der Waals surface area (Å²) < 4.78 is 11.4. The van der Waals surface area contributed by atoms with E-state index >= 15 is 0 Å². The van der Waals surface area contributed by atoms with Crippen molar-refractivity contribution in [3.8, 4) is 0 Å². The van der Waals surface area contributed by atoms with Crippen LogP contribution in [0.15, 0.2) is 22.6 Å². The van der Waals surface area contributed by atoms with Crippen LogP contribution in [0.1, 0.15) is 52.9 Å². The second-order valence-corrected chi connectivity index (χ2v) is 8.23. The number of fused-ring (bicyclic) bond motifs is 1. The summed E-state index contributed by atoms with van der Waals surface area (Å²) in [6, 6.07) is 5.67. The molecule has 0 radical (unpaired) electrons. The van der Waals surface area contributed by atoms with Crippen molar-refractivity contribution < 1.29 is 13.9 Å². The summed E-state index contributed by atoms with van der Waals surface area (Å²) in [4.78, 5) is 21.8. The SMILES string of the molecule is O=C(c1ccc(N2CCCC2)c(Cl)c1)N1CCc2oc(C3CCOC3)nc2C1. The van der Waals surface area contributed by atoms with E-state index in [1.165, 1.54) is 12.8 Å². The molecule has 5 rings (SSSR count). The average molecular weight is 402 g/mol. The van der Waals surface area contributed by atoms with Gasteiger partial charge in [-0.2, -0.15) is 0 Å². The summed E-state index contributed by atoms with van der Waals surface area (Å²) in [7, 11) is 0. The zero-order valence-electron chi connectivity index (χ0n) is 15.8. The van der Waals surface area contributed by atoms with Crippen LogP contribution >= 0.6 is 11.6 Å². The Labute approximate surface area is 169 Å². The monoisotopic (exact) mass is 401 g/mol. The number of anilines is 1. The van der Waals surface area contributed by atoms with E-state index in [0.29, 0.717) is 36.7 Å². The number of carbonyl (C=O) groups excluding carboxylic acids is 1. The van der Waals surface area contributed by atoms with E-state index in [9.17, 15) is 4.79 Å². The average Bonchev–Trinajstić information content (AvgIpc) is 3.47. The van der Waals surface area contributed by atoms with Gasteiger partial charge in [-0.25, -0.2) is 4.98 Å². The van der Waals surface area contributed by atoms with Gasteiger partial charge in [0, 0.05) is 38.2 Å². The Morgan fingerprint density at radius 2 is 2.07 bits per heavy atom. The maximum atomic E-state index is 13.0. The molecular weight excluding hydrogens is 378 g/mol. The van der Waals surface area contributed by atoms with E-state index in [1.54, 1.807) is 6.07 Å². The summed E-state index contributed by atoms with van der Waals surface area (Å²) in [6.07, 6.45) is 4.03. The minimum absolute atomic E-state index is 0.00530. The van der Waals surface area contributed by atoms with Crippen molar-refractivity contribution >= 4 is 23.2 Å². The van der Waals surface area contributed by atoms with E-state index in [1.807, 2.05) is 17.0 Å². The molecule has 2 saturated heterocycles. The number of hydrogen-bond donors (Lipinski definition) is 0. The minimum Gasteiger partial charge on any atom is -0.445 e. The molecule has 2 aromatic rings. The van der Waals surface area contributed by atoms with Crippen molar-refractivity contribution in [2.75, 3.05) is 37.7 Å². The molecule has 1 atom stereocenters. The third-order valence-corrected chi connectivity index (χ3v) is 6.25. The van der Waals surface area contributed by atoms with E-state index in [2.05, 4.69) is 9.88 Å². The summed E-state index contributed by atoms with van der Waals surface area (Å²) in [5, 5.41) is 0.649. The first-order valence-electron chi connectivity index (χ1n) is 10.1. The van der Waals surface area contributed by atoms with Gasteiger partial charge >= 0.3 is 0 Å². The number of ether oxygens (including phenoxy) is 1. The van der Waals surface area contributed by atoms with Crippen molar-refractivity contribution in [2.45, 2.75) is 38.1 Å². The number of aromatic nitrogens is 1. The first-order valence-corrected chi connectivity index (χ1v) is 10.5. The molecule has 148 valence electrons. The number of amides is 1. The second kappa shape index (κ2) is 7.41. The van der Waals surface area contributed by atoms with Crippen LogP contribution < -0.4 is 4.90 Å². The molecule has 1 unspecified atom stereocenters. The van der Waals surface area contributed by atoms with Gasteiger partial charge in [-0.05, 0) is 37.5 Å². The highest BCUT2D eigenvalue weighted by atomic mass is 35.5. The molecule has 0 N–H and O–H groups in total. The predicted molar refractivity (Wildman–Crippen MR) is 106 cm³/mol. The summed E-state index contributed by atoms with van der Waals surface area (Å²) in [5.74, 6) is 1.91. The Bertz CT molecular complexity index is 885. The molecule has 0 aliphatic carbocycles. The van der Waals surface area contributed by atoms with Crippen molar-refractivity contribution in [3.63, 3.8) is 0 Å². The number of carbonyl (C=O) groups is 1. The zero-order chi connectivity index (χ0) is 19.1. The van der Waals surface area contributed by atoms with Crippen LogP contribution in [0.5, 0.6) is 0 Å². The Morgan fingerprint density at radius 1 is 1.21 bits per heavy atom. The number of oxazole rings is 1. The fourth-order valence-electron chi connectivity index (χ4n) is 4.33. The Hall–Kier alpha value is -2.05. The van der Waals surface area contributed by atoms with Gasteiger partial charge in [0.25, 0.3) is 5.91 Å². The summed E-state index contributed by atoms with van der Waals surface area (Å²) in [6.45, 7) is 4.61. The number of hydrogen-bond acceptors (Lipinski definition) is 5. The van der Waals surface area contributed by atoms with Crippen LogP contribution in [0.4, 0.5) is 5.69 Å². The molecule has 4 heterocycles. The second-order valence-electron chi connectivity index (χ2n) is 7.82. The van der Waals surface area contributed by atoms with Crippen LogP contribution in [-0.4, -0.2) is 48.6 Å². The Morgan fingerprint density at radius 3 is 2.82 bits per heavy atom. The number of nitrogens with zero attached hydrogens (tertiary/aromatic N) is 3. The van der Waals surface area contributed by atoms with Crippen molar-refractivity contribution in [1.82, 2.24) is 9.88 Å². The molecule has 0 saturated carbocycles. The summed E-state index contributed by atoms with van der Waals surface area (Å²) >= 11 is 6.50. The predicted octanol–water partition coefficient (Wildman–Crippen LogP) is 3.63. The molecule has 0 bridgehead atoms. The van der Waals surface area contributed by atoms with Gasteiger partial charge in [-0.3, -0.25) is 4.79 Å². The van der Waals surface area contributed by atoms with Gasteiger partial charge in [0.2, 0.25) is 0 Å². The third-order valence-electron chi connectivity index (χ3n) is 5.95. The number of benzene rings is 1. The zero-order valence-corrected chi connectivity index (χ0v) is 16.6. The van der Waals surface area contributed by atoms with Gasteiger partial charge in [0.15, 0.2) is 5.89 Å². The van der Waals surface area contributed by atoms with Crippen molar-refractivity contribution in [1.29, 1.82) is 0 Å². The Kier molecular flexibility index (Phi) is 4.77. The first kappa shape index (κ1) is 18.0. The van der Waals surface area contributed by atoms with E-state index in [0.717, 1.165) is 49.1 Å². The highest BCUT2D eigenvalue weighted by Gasteiger charge is 2.30. The fraction of sp³-hybridized carbons (Fsp3) is 0.524. The topological polar surface area (TPSA) is 58.8 Å². The Balaban J connectivity index is 1.31. The third kappa shape index (κ3) is 3.29. The highest BCUT2D eigenvalue weighted by Crippen LogP contribution is 2.32. The largest absolute Gasteiger partial charge is 0.445 e. The van der Waals surface area contributed by atoms with Crippen LogP contribution in [-0.2, 0) is 17.7 Å². The number of rotatable bonds is 3. The van der Waals surface area contributed by atoms with Crippen LogP contribution in [0, 0.1) is 0 Å². The van der Waals surface area contributed by atoms with E-state index in [4.69, 9.17) is 20.8 Å². The molecule has 6 nitrogen and oxygen atoms in total. The molecule has 1 aromatic heterocycles. The molecule has 1 amide bonds. The van der Waals surface area contributed by atoms with Gasteiger partial charge in [0.1, 0.15) is 11.5 Å². The number of halogens is 1. The maximum Gasteiger partial charge on any atom is 0.254 e. The molecule has 0 spiro atoms. The lowest BCUT2D eigenvalue weighted by Gasteiger charge is -2.26. The van der Waals surface area contributed by atoms with Gasteiger partial charge in [-0.15, -0.1) is 0 Å². The minimum atomic E-state index is -0.00530. The standard InChI is InChI=1S/C21H24ClN3O3/c22-16-11-14(3-4-18(16)24-7-1-2-8-24)21(26)25-9-5-19-17(12-25)23-20(28-19)15-6-10-27-13-15/h3-4,11,15H,1-2,5-10,12-13H2. The van der Waals surface area contributed by atoms with Crippen LogP contribution in [0.2, 0.25) is 5.02 Å².